The van der Waals surface area contributed by atoms with Crippen molar-refractivity contribution in [1.82, 2.24) is 10.3 Å². The molecule has 1 aromatic rings. The van der Waals surface area contributed by atoms with Gasteiger partial charge in [-0.3, -0.25) is 4.79 Å². The number of amides is 1. The van der Waals surface area contributed by atoms with Gasteiger partial charge in [-0.15, -0.1) is 0 Å². The minimum absolute atomic E-state index is 0.0147. The third-order valence-corrected chi connectivity index (χ3v) is 4.43. The first-order chi connectivity index (χ1) is 10.4. The Bertz CT molecular complexity index is 638. The number of carbonyl (C=O) groups is 1. The van der Waals surface area contributed by atoms with Crippen LogP contribution in [0.3, 0.4) is 0 Å². The van der Waals surface area contributed by atoms with Crippen LogP contribution in [-0.2, 0) is 23.8 Å². The predicted molar refractivity (Wildman–Crippen MR) is 75.4 cm³/mol. The molecule has 0 fully saturated rings. The van der Waals surface area contributed by atoms with E-state index in [4.69, 9.17) is 0 Å². The highest BCUT2D eigenvalue weighted by molar-refractivity contribution is 8.00. The average Bonchev–Trinajstić information content (AvgIpc) is 2.49. The molecular weight excluding hydrogens is 315 g/mol. The summed E-state index contributed by atoms with van der Waals surface area (Å²) in [5.74, 6) is -0.407. The molecular formula is C14H14F3N3OS. The topological polar surface area (TPSA) is 65.8 Å². The number of thioether (sulfide) groups is 1. The summed E-state index contributed by atoms with van der Waals surface area (Å²) >= 11 is 0.862. The van der Waals surface area contributed by atoms with Crippen molar-refractivity contribution in [3.8, 4) is 6.07 Å². The molecule has 0 bridgehead atoms. The van der Waals surface area contributed by atoms with E-state index in [0.29, 0.717) is 18.5 Å². The highest BCUT2D eigenvalue weighted by Gasteiger charge is 2.39. The third-order valence-electron chi connectivity index (χ3n) is 3.45. The maximum Gasteiger partial charge on any atom is 0.418 e. The summed E-state index contributed by atoms with van der Waals surface area (Å²) in [6, 6.07) is 1.63. The number of nitriles is 1. The highest BCUT2D eigenvalue weighted by atomic mass is 32.2. The lowest BCUT2D eigenvalue weighted by Crippen LogP contribution is -2.21. The van der Waals surface area contributed by atoms with Gasteiger partial charge in [-0.1, -0.05) is 11.8 Å². The first-order valence-electron chi connectivity index (χ1n) is 6.75. The Morgan fingerprint density at radius 1 is 1.41 bits per heavy atom. The number of halogens is 3. The third kappa shape index (κ3) is 3.35. The van der Waals surface area contributed by atoms with Gasteiger partial charge in [0.25, 0.3) is 0 Å². The van der Waals surface area contributed by atoms with Crippen LogP contribution in [0.15, 0.2) is 5.03 Å². The molecule has 0 aliphatic heterocycles. The second-order valence-corrected chi connectivity index (χ2v) is 5.83. The molecule has 1 amide bonds. The van der Waals surface area contributed by atoms with Gasteiger partial charge in [0.05, 0.1) is 16.9 Å². The number of pyridine rings is 1. The van der Waals surface area contributed by atoms with E-state index in [1.54, 1.807) is 6.07 Å². The molecule has 1 aromatic heterocycles. The van der Waals surface area contributed by atoms with Crippen molar-refractivity contribution in [3.63, 3.8) is 0 Å². The number of alkyl halides is 3. The molecule has 1 heterocycles. The summed E-state index contributed by atoms with van der Waals surface area (Å²) in [5, 5.41) is 11.6. The largest absolute Gasteiger partial charge is 0.418 e. The van der Waals surface area contributed by atoms with Gasteiger partial charge >= 0.3 is 6.18 Å². The minimum Gasteiger partial charge on any atom is -0.358 e. The fourth-order valence-electron chi connectivity index (χ4n) is 2.45. The van der Waals surface area contributed by atoms with Crippen molar-refractivity contribution in [2.45, 2.75) is 36.9 Å². The zero-order valence-electron chi connectivity index (χ0n) is 11.9. The lowest BCUT2D eigenvalue weighted by atomic mass is 9.90. The number of hydrogen-bond acceptors (Lipinski definition) is 4. The van der Waals surface area contributed by atoms with Gasteiger partial charge in [-0.05, 0) is 31.2 Å². The van der Waals surface area contributed by atoms with E-state index in [2.05, 4.69) is 10.3 Å². The summed E-state index contributed by atoms with van der Waals surface area (Å²) in [6.45, 7) is 0. The number of aryl methyl sites for hydroxylation is 1. The van der Waals surface area contributed by atoms with E-state index in [1.807, 2.05) is 0 Å². The van der Waals surface area contributed by atoms with Crippen LogP contribution in [0.4, 0.5) is 13.2 Å². The standard InChI is InChI=1S/C14H14F3N3OS/c1-19-11(21)7-22-13-9(6-18)12(14(15,16)17)8-4-2-3-5-10(8)20-13/h2-5,7H2,1H3,(H,19,21). The van der Waals surface area contributed by atoms with Crippen molar-refractivity contribution in [3.05, 3.63) is 22.4 Å². The first kappa shape index (κ1) is 16.6. The molecule has 0 spiro atoms. The smallest absolute Gasteiger partial charge is 0.358 e. The fraction of sp³-hybridized carbons (Fsp3) is 0.500. The Hall–Kier alpha value is -1.75. The molecule has 22 heavy (non-hydrogen) atoms. The van der Waals surface area contributed by atoms with E-state index >= 15 is 0 Å². The van der Waals surface area contributed by atoms with Crippen molar-refractivity contribution in [2.24, 2.45) is 0 Å². The number of nitrogens with one attached hydrogen (secondary N) is 1. The molecule has 0 radical (unpaired) electrons. The van der Waals surface area contributed by atoms with Gasteiger partial charge in [0.2, 0.25) is 5.91 Å². The SMILES string of the molecule is CNC(=O)CSc1nc2c(c(C(F)(F)F)c1C#N)CCCC2. The van der Waals surface area contributed by atoms with Crippen molar-refractivity contribution in [1.29, 1.82) is 5.26 Å². The lowest BCUT2D eigenvalue weighted by molar-refractivity contribution is -0.138. The maximum atomic E-state index is 13.4. The van der Waals surface area contributed by atoms with E-state index in [9.17, 15) is 23.2 Å². The molecule has 0 aromatic carbocycles. The number of rotatable bonds is 3. The zero-order valence-corrected chi connectivity index (χ0v) is 12.7. The summed E-state index contributed by atoms with van der Waals surface area (Å²) in [6.07, 6.45) is -2.40. The van der Waals surface area contributed by atoms with Crippen LogP contribution in [-0.4, -0.2) is 23.7 Å². The quantitative estimate of drug-likeness (QED) is 0.866. The van der Waals surface area contributed by atoms with Crippen molar-refractivity contribution in [2.75, 3.05) is 12.8 Å². The molecule has 2 rings (SSSR count). The normalized spacial score (nSPS) is 14.1. The number of hydrogen-bond donors (Lipinski definition) is 1. The van der Waals surface area contributed by atoms with Crippen LogP contribution in [0.2, 0.25) is 0 Å². The molecule has 0 saturated heterocycles. The van der Waals surface area contributed by atoms with Crippen LogP contribution in [0.5, 0.6) is 0 Å². The Kier molecular flexibility index (Phi) is 4.96. The molecule has 0 atom stereocenters. The van der Waals surface area contributed by atoms with E-state index in [0.717, 1.165) is 18.2 Å². The van der Waals surface area contributed by atoms with Gasteiger partial charge < -0.3 is 5.32 Å². The average molecular weight is 329 g/mol. The Labute approximate surface area is 130 Å². The molecule has 1 N–H and O–H groups in total. The molecule has 1 aliphatic carbocycles. The molecule has 0 unspecified atom stereocenters. The van der Waals surface area contributed by atoms with Crippen LogP contribution >= 0.6 is 11.8 Å². The maximum absolute atomic E-state index is 13.4. The van der Waals surface area contributed by atoms with E-state index < -0.39 is 17.3 Å². The monoisotopic (exact) mass is 329 g/mol. The number of nitrogens with zero attached hydrogens (tertiary/aromatic N) is 2. The first-order valence-corrected chi connectivity index (χ1v) is 7.73. The van der Waals surface area contributed by atoms with Crippen LogP contribution < -0.4 is 5.32 Å². The zero-order chi connectivity index (χ0) is 16.3. The van der Waals surface area contributed by atoms with Gasteiger partial charge in [-0.25, -0.2) is 4.98 Å². The second kappa shape index (κ2) is 6.57. The number of fused-ring (bicyclic) bond motifs is 1. The van der Waals surface area contributed by atoms with Crippen LogP contribution in [0.25, 0.3) is 0 Å². The molecule has 4 nitrogen and oxygen atoms in total. The summed E-state index contributed by atoms with van der Waals surface area (Å²) < 4.78 is 40.2. The highest BCUT2D eigenvalue weighted by Crippen LogP contribution is 2.41. The Morgan fingerprint density at radius 3 is 2.68 bits per heavy atom. The van der Waals surface area contributed by atoms with Crippen LogP contribution in [0, 0.1) is 11.3 Å². The Morgan fingerprint density at radius 2 is 2.09 bits per heavy atom. The molecule has 0 saturated carbocycles. The lowest BCUT2D eigenvalue weighted by Gasteiger charge is -2.22. The van der Waals surface area contributed by atoms with Crippen molar-refractivity contribution >= 4 is 17.7 Å². The molecule has 1 aliphatic rings. The number of carbonyl (C=O) groups excluding carboxylic acids is 1. The van der Waals surface area contributed by atoms with Gasteiger partial charge in [0.15, 0.2) is 0 Å². The van der Waals surface area contributed by atoms with Gasteiger partial charge in [0.1, 0.15) is 11.1 Å². The minimum atomic E-state index is -4.60. The van der Waals surface area contributed by atoms with E-state index in [-0.39, 0.29) is 28.7 Å². The van der Waals surface area contributed by atoms with Crippen molar-refractivity contribution < 1.29 is 18.0 Å². The summed E-state index contributed by atoms with van der Waals surface area (Å²) in [7, 11) is 1.44. The predicted octanol–water partition coefficient (Wildman–Crippen LogP) is 2.69. The van der Waals surface area contributed by atoms with Gasteiger partial charge in [0, 0.05) is 12.7 Å². The fourth-order valence-corrected chi connectivity index (χ4v) is 3.32. The van der Waals surface area contributed by atoms with Gasteiger partial charge in [-0.2, -0.15) is 18.4 Å². The molecule has 8 heteroatoms. The summed E-state index contributed by atoms with van der Waals surface area (Å²) in [5.41, 5.74) is -0.808. The van der Waals surface area contributed by atoms with Crippen LogP contribution in [0.1, 0.15) is 35.2 Å². The molecule has 118 valence electrons. The summed E-state index contributed by atoms with van der Waals surface area (Å²) in [4.78, 5) is 15.5. The second-order valence-electron chi connectivity index (χ2n) is 4.87. The number of aromatic nitrogens is 1. The Balaban J connectivity index is 2.55. The van der Waals surface area contributed by atoms with E-state index in [1.165, 1.54) is 7.05 Å².